The van der Waals surface area contributed by atoms with E-state index < -0.39 is 70.5 Å². The second kappa shape index (κ2) is 29.2. The van der Waals surface area contributed by atoms with Crippen LogP contribution in [-0.4, -0.2) is 127 Å². The van der Waals surface area contributed by atoms with Gasteiger partial charge in [0, 0.05) is 123 Å². The van der Waals surface area contributed by atoms with Crippen LogP contribution >= 0.6 is 45.6 Å². The third-order valence-corrected chi connectivity index (χ3v) is 20.7. The summed E-state index contributed by atoms with van der Waals surface area (Å²) >= 11 is 9.93. The Morgan fingerprint density at radius 3 is 1.17 bits per heavy atom. The molecule has 4 N–H and O–H groups in total. The summed E-state index contributed by atoms with van der Waals surface area (Å²) in [6.07, 6.45) is 2.56. The number of amides is 10. The highest BCUT2D eigenvalue weighted by Crippen LogP contribution is 2.38. The monoisotopic (exact) mass is 1380 g/mol. The van der Waals surface area contributed by atoms with Crippen molar-refractivity contribution >= 4 is 145 Å². The van der Waals surface area contributed by atoms with Gasteiger partial charge in [0.25, 0.3) is 17.7 Å². The number of imide groups is 3. The first kappa shape index (κ1) is 69.2. The van der Waals surface area contributed by atoms with E-state index in [1.54, 1.807) is 58.6 Å². The summed E-state index contributed by atoms with van der Waals surface area (Å²) < 4.78 is 0. The molecule has 3 unspecified atom stereocenters. The van der Waals surface area contributed by atoms with E-state index in [1.165, 1.54) is 79.9 Å². The molecular weight excluding hydrogens is 1310 g/mol. The van der Waals surface area contributed by atoms with Crippen LogP contribution in [0.5, 0.6) is 0 Å². The smallest absolute Gasteiger partial charge is 0.256 e. The topological polar surface area (TPSA) is 331 Å². The molecule has 0 radical (unpaired) electrons. The summed E-state index contributed by atoms with van der Waals surface area (Å²) in [5.74, 6) is -6.55. The Labute approximate surface area is 566 Å². The fourth-order valence-electron chi connectivity index (χ4n) is 12.0. The molecular formula is C69H64ClN7O16S3. The highest BCUT2D eigenvalue weighted by Gasteiger charge is 2.44. The van der Waals surface area contributed by atoms with Gasteiger partial charge in [0.2, 0.25) is 76.0 Å². The molecule has 23 nitrogen and oxygen atoms in total. The number of Topliss-reactive ketones (excluding diaryl/α,β-unsaturated/α-hetero) is 6. The Kier molecular flexibility index (Phi) is 21.0. The van der Waals surface area contributed by atoms with Crippen molar-refractivity contribution in [3.8, 4) is 0 Å². The van der Waals surface area contributed by atoms with E-state index in [0.717, 1.165) is 36.9 Å². The number of fused-ring (bicyclic) bond motifs is 3. The van der Waals surface area contributed by atoms with Crippen molar-refractivity contribution in [2.75, 3.05) is 5.32 Å². The maximum Gasteiger partial charge on any atom is 0.256 e. The van der Waals surface area contributed by atoms with Crippen molar-refractivity contribution in [1.29, 1.82) is 0 Å². The van der Waals surface area contributed by atoms with Gasteiger partial charge < -0.3 is 20.0 Å². The lowest BCUT2D eigenvalue weighted by molar-refractivity contribution is -0.138. The van der Waals surface area contributed by atoms with Crippen LogP contribution in [0.15, 0.2) is 88.9 Å². The SMILES string of the molecule is CC(=O)Nc1ccc(C(=O)C(=O)CCc2scc3c2CN(C2CCC(=O)NC2=O)C3=O)cc1.CC(C)(C)c1cccc(C(=O)C(=O)CCc2scc3c2CN(C2CCC(=O)NC2=O)C3=O)c1.O=C1CCC(N2Cc3c(csc3CCC(=O)C(=O)c3ccc(Cl)cc3)C2=O)C(=O)N1. The number of nitrogens with one attached hydrogen (secondary N) is 4. The first-order chi connectivity index (χ1) is 45.6. The number of hydrogen-bond donors (Lipinski definition) is 4. The standard InChI is InChI=1S/C25H26N2O5S.C23H21N3O6S.C21H17ClN2O5S/c1-25(2,3)15-6-4-5-14(11-15)22(30)19(28)8-9-20-16-12-27(24(32)17(16)13-33-20)18-7-10-21(29)26-23(18)31;1-12(27)24-14-4-2-13(3-5-14)21(30)18(28)7-8-19-15-10-26(23(32)16(15)11-33-19)17-6-9-20(29)25-22(17)31;22-12-3-1-11(2-4-12)19(27)16(25)6-7-17-13-9-24(21(29)14(13)10-30-17)15-5-8-18(26)23-20(15)28/h4-6,11,13,18H,7-10,12H2,1-3H3,(H,26,29,31);2-5,11,17H,6-10H2,1H3,(H,24,27)(H,25,29,31);1-4,10,15H,5-9H2,(H,23,26,28). The average Bonchev–Trinajstić information content (AvgIpc) is 1.63. The summed E-state index contributed by atoms with van der Waals surface area (Å²) in [7, 11) is 0. The van der Waals surface area contributed by atoms with E-state index >= 15 is 0 Å². The van der Waals surface area contributed by atoms with Crippen LogP contribution in [0.2, 0.25) is 5.02 Å². The van der Waals surface area contributed by atoms with Crippen LogP contribution in [-0.2, 0) is 92.3 Å². The average molecular weight is 1380 g/mol. The number of ketones is 6. The van der Waals surface area contributed by atoms with Gasteiger partial charge in [-0.25, -0.2) is 0 Å². The Hall–Kier alpha value is -9.63. The van der Waals surface area contributed by atoms with Gasteiger partial charge in [-0.15, -0.1) is 34.0 Å². The van der Waals surface area contributed by atoms with Crippen molar-refractivity contribution in [2.45, 2.75) is 148 Å². The van der Waals surface area contributed by atoms with E-state index in [2.05, 4.69) is 42.0 Å². The van der Waals surface area contributed by atoms with E-state index in [4.69, 9.17) is 11.6 Å². The maximum absolute atomic E-state index is 12.8. The van der Waals surface area contributed by atoms with Crippen LogP contribution in [0.25, 0.3) is 0 Å². The van der Waals surface area contributed by atoms with Crippen molar-refractivity contribution in [2.24, 2.45) is 0 Å². The minimum Gasteiger partial charge on any atom is -0.326 e. The zero-order valence-electron chi connectivity index (χ0n) is 52.5. The second-order valence-corrected chi connectivity index (χ2v) is 28.0. The summed E-state index contributed by atoms with van der Waals surface area (Å²) in [6.45, 7) is 8.31. The number of thiophene rings is 3. The molecule has 10 amide bonds. The number of rotatable bonds is 19. The molecule has 12 rings (SSSR count). The molecule has 3 fully saturated rings. The normalized spacial score (nSPS) is 18.1. The van der Waals surface area contributed by atoms with Gasteiger partial charge in [-0.2, -0.15) is 0 Å². The number of nitrogens with zero attached hydrogens (tertiary/aromatic N) is 3. The van der Waals surface area contributed by atoms with Crippen molar-refractivity contribution in [3.05, 3.63) is 164 Å². The zero-order valence-corrected chi connectivity index (χ0v) is 55.7. The van der Waals surface area contributed by atoms with E-state index in [-0.39, 0.29) is 117 Å². The van der Waals surface area contributed by atoms with Crippen LogP contribution in [0.3, 0.4) is 0 Å². The van der Waals surface area contributed by atoms with Crippen molar-refractivity contribution in [1.82, 2.24) is 30.7 Å². The van der Waals surface area contributed by atoms with E-state index in [9.17, 15) is 76.7 Å². The van der Waals surface area contributed by atoms with Crippen LogP contribution < -0.4 is 21.3 Å². The summed E-state index contributed by atoms with van der Waals surface area (Å²) in [4.78, 5) is 202. The number of carbonyl (C=O) groups is 16. The Morgan fingerprint density at radius 1 is 0.490 bits per heavy atom. The molecule has 96 heavy (non-hydrogen) atoms. The Morgan fingerprint density at radius 2 is 0.833 bits per heavy atom. The minimum absolute atomic E-state index is 0.00809. The van der Waals surface area contributed by atoms with Gasteiger partial charge >= 0.3 is 0 Å². The Balaban J connectivity index is 0.000000157. The molecule has 0 bridgehead atoms. The molecule has 3 atom stereocenters. The lowest BCUT2D eigenvalue weighted by Gasteiger charge is -2.29. The van der Waals surface area contributed by atoms with Gasteiger partial charge in [-0.05, 0) is 121 Å². The lowest BCUT2D eigenvalue weighted by atomic mass is 9.85. The molecule has 3 aromatic carbocycles. The van der Waals surface area contributed by atoms with Gasteiger partial charge in [-0.3, -0.25) is 92.7 Å². The fourth-order valence-corrected chi connectivity index (χ4v) is 15.2. The largest absolute Gasteiger partial charge is 0.326 e. The van der Waals surface area contributed by atoms with Crippen molar-refractivity contribution < 1.29 is 76.7 Å². The molecule has 3 saturated heterocycles. The number of piperidine rings is 3. The van der Waals surface area contributed by atoms with Gasteiger partial charge in [-0.1, -0.05) is 50.6 Å². The quantitative estimate of drug-likeness (QED) is 0.0345. The molecule has 6 aliphatic rings. The minimum atomic E-state index is -0.691. The third-order valence-electron chi connectivity index (χ3n) is 17.2. The highest BCUT2D eigenvalue weighted by atomic mass is 35.5. The van der Waals surface area contributed by atoms with Gasteiger partial charge in [0.1, 0.15) is 18.1 Å². The van der Waals surface area contributed by atoms with Crippen LogP contribution in [0.4, 0.5) is 5.69 Å². The number of carbonyl (C=O) groups excluding carboxylic acids is 16. The molecule has 27 heteroatoms. The number of aryl methyl sites for hydroxylation is 3. The molecule has 6 aliphatic heterocycles. The maximum atomic E-state index is 12.8. The lowest BCUT2D eigenvalue weighted by Crippen LogP contribution is -2.52. The fraction of sp³-hybridized carbons (Fsp3) is 0.333. The van der Waals surface area contributed by atoms with Crippen LogP contribution in [0, 0.1) is 0 Å². The molecule has 0 spiro atoms. The van der Waals surface area contributed by atoms with E-state index in [1.807, 2.05) is 6.07 Å². The molecule has 496 valence electrons. The molecule has 9 heterocycles. The van der Waals surface area contributed by atoms with Crippen molar-refractivity contribution in [3.63, 3.8) is 0 Å². The predicted octanol–water partition coefficient (Wildman–Crippen LogP) is 7.59. The first-order valence-corrected chi connectivity index (χ1v) is 33.8. The Bertz CT molecular complexity index is 4290. The number of anilines is 1. The number of hydrogen-bond acceptors (Lipinski definition) is 19. The summed E-state index contributed by atoms with van der Waals surface area (Å²) in [6, 6.07) is 17.4. The second-order valence-electron chi connectivity index (χ2n) is 24.7. The highest BCUT2D eigenvalue weighted by molar-refractivity contribution is 7.11. The summed E-state index contributed by atoms with van der Waals surface area (Å²) in [5, 5.41) is 15.1. The molecule has 3 aromatic heterocycles. The molecule has 6 aromatic rings. The van der Waals surface area contributed by atoms with Crippen LogP contribution in [0.1, 0.15) is 185 Å². The van der Waals surface area contributed by atoms with Gasteiger partial charge in [0.05, 0.1) is 16.7 Å². The zero-order chi connectivity index (χ0) is 69.0. The number of benzene rings is 3. The third kappa shape index (κ3) is 15.4. The molecule has 0 aliphatic carbocycles. The summed E-state index contributed by atoms with van der Waals surface area (Å²) in [5.41, 5.74) is 6.26. The number of halogens is 1. The predicted molar refractivity (Wildman–Crippen MR) is 351 cm³/mol. The van der Waals surface area contributed by atoms with E-state index in [0.29, 0.717) is 70.6 Å². The molecule has 0 saturated carbocycles. The first-order valence-electron chi connectivity index (χ1n) is 30.8. The van der Waals surface area contributed by atoms with Gasteiger partial charge in [0.15, 0.2) is 0 Å².